The Morgan fingerprint density at radius 1 is 0.865 bits per heavy atom. The number of aliphatic carboxylic acids is 1. The number of alkyl halides is 2. The number of carbonyl (C=O) groups excluding carboxylic acids is 2. The monoisotopic (exact) mass is 568 g/mol. The normalized spacial score (nSPS) is 16.2. The standard InChI is InChI=1S/C24H46Cl2N6O5/c1-2-3-4-5-6-7-8-9-10-13-18(33)22(25,15-17-32-21(28)29)24(26,31)20(36)37-23(30,19(34)35)14-11-12-16-27/h2-17,27,30-31H2,1H3,(H,34,35)(H4,28,29,32)/t22?,23-,24+/m0/s1. The number of esters is 1. The van der Waals surface area contributed by atoms with Crippen molar-refractivity contribution in [3.8, 4) is 0 Å². The molecule has 0 bridgehead atoms. The number of nitrogens with two attached hydrogens (primary N) is 5. The van der Waals surface area contributed by atoms with Crippen LogP contribution in [-0.4, -0.2) is 57.5 Å². The van der Waals surface area contributed by atoms with Gasteiger partial charge >= 0.3 is 11.9 Å². The highest BCUT2D eigenvalue weighted by Gasteiger charge is 2.59. The van der Waals surface area contributed by atoms with Gasteiger partial charge in [-0.25, -0.2) is 9.59 Å². The molecule has 0 amide bonds. The maximum Gasteiger partial charge on any atom is 0.363 e. The van der Waals surface area contributed by atoms with Gasteiger partial charge in [0.2, 0.25) is 5.00 Å². The fraction of sp³-hybridized carbons (Fsp3) is 0.833. The number of unbranched alkanes of at least 4 members (excludes halogenated alkanes) is 9. The quantitative estimate of drug-likeness (QED) is 0.0212. The molecule has 1 unspecified atom stereocenters. The first kappa shape index (κ1) is 35.3. The predicted octanol–water partition coefficient (Wildman–Crippen LogP) is 2.42. The second-order valence-corrected chi connectivity index (χ2v) is 10.6. The average molecular weight is 570 g/mol. The zero-order valence-electron chi connectivity index (χ0n) is 22.0. The molecule has 37 heavy (non-hydrogen) atoms. The highest BCUT2D eigenvalue weighted by atomic mass is 35.5. The topological polar surface area (TPSA) is 223 Å². The molecule has 0 saturated heterocycles. The number of halogens is 2. The van der Waals surface area contributed by atoms with Crippen LogP contribution in [0.2, 0.25) is 0 Å². The number of rotatable bonds is 22. The minimum Gasteiger partial charge on any atom is -0.477 e. The Hall–Kier alpha value is -1.66. The highest BCUT2D eigenvalue weighted by Crippen LogP contribution is 2.39. The number of carboxylic acids is 1. The second-order valence-electron chi connectivity index (χ2n) is 9.40. The van der Waals surface area contributed by atoms with E-state index in [4.69, 9.17) is 56.6 Å². The molecule has 0 aromatic carbocycles. The van der Waals surface area contributed by atoms with E-state index in [0.717, 1.165) is 25.7 Å². The molecule has 0 aliphatic heterocycles. The summed E-state index contributed by atoms with van der Waals surface area (Å²) in [4.78, 5) is 37.0. The first-order valence-electron chi connectivity index (χ1n) is 13.0. The molecule has 0 aromatic heterocycles. The van der Waals surface area contributed by atoms with Gasteiger partial charge in [-0.15, -0.1) is 11.6 Å². The Balaban J connectivity index is 5.43. The molecular weight excluding hydrogens is 523 g/mol. The van der Waals surface area contributed by atoms with E-state index in [1.54, 1.807) is 0 Å². The minimum absolute atomic E-state index is 0.00328. The minimum atomic E-state index is -2.64. The maximum absolute atomic E-state index is 13.2. The van der Waals surface area contributed by atoms with Gasteiger partial charge in [0.15, 0.2) is 11.7 Å². The van der Waals surface area contributed by atoms with Gasteiger partial charge in [-0.1, -0.05) is 69.9 Å². The van der Waals surface area contributed by atoms with E-state index in [9.17, 15) is 19.5 Å². The summed E-state index contributed by atoms with van der Waals surface area (Å²) in [7, 11) is 0. The van der Waals surface area contributed by atoms with Crippen LogP contribution < -0.4 is 28.7 Å². The third kappa shape index (κ3) is 12.2. The number of aliphatic imine (C=N–C) groups is 1. The van der Waals surface area contributed by atoms with E-state index in [-0.39, 0.29) is 38.2 Å². The van der Waals surface area contributed by atoms with Crippen molar-refractivity contribution >= 4 is 46.9 Å². The van der Waals surface area contributed by atoms with Gasteiger partial charge in [-0.05, 0) is 32.2 Å². The Labute approximate surface area is 230 Å². The predicted molar refractivity (Wildman–Crippen MR) is 147 cm³/mol. The van der Waals surface area contributed by atoms with Crippen molar-refractivity contribution in [3.05, 3.63) is 0 Å². The third-order valence-corrected chi connectivity index (χ3v) is 7.48. The lowest BCUT2D eigenvalue weighted by molar-refractivity contribution is -0.182. The van der Waals surface area contributed by atoms with Gasteiger partial charge in [0, 0.05) is 19.4 Å². The summed E-state index contributed by atoms with van der Waals surface area (Å²) < 4.78 is 5.05. The number of hydrogen-bond donors (Lipinski definition) is 6. The van der Waals surface area contributed by atoms with Gasteiger partial charge in [0.25, 0.3) is 5.72 Å². The van der Waals surface area contributed by atoms with Crippen molar-refractivity contribution in [3.63, 3.8) is 0 Å². The van der Waals surface area contributed by atoms with Crippen molar-refractivity contribution < 1.29 is 24.2 Å². The number of hydrogen-bond acceptors (Lipinski definition) is 8. The van der Waals surface area contributed by atoms with Crippen LogP contribution in [0.1, 0.15) is 96.8 Å². The van der Waals surface area contributed by atoms with Crippen LogP contribution in [-0.2, 0) is 19.1 Å². The second kappa shape index (κ2) is 17.8. The van der Waals surface area contributed by atoms with E-state index in [1.807, 2.05) is 0 Å². The molecule has 0 radical (unpaired) electrons. The fourth-order valence-corrected chi connectivity index (χ4v) is 4.29. The Bertz CT molecular complexity index is 751. The largest absolute Gasteiger partial charge is 0.477 e. The van der Waals surface area contributed by atoms with Crippen molar-refractivity contribution in [1.82, 2.24) is 0 Å². The molecule has 0 aliphatic rings. The zero-order chi connectivity index (χ0) is 28.5. The van der Waals surface area contributed by atoms with Crippen molar-refractivity contribution in [2.24, 2.45) is 33.7 Å². The van der Waals surface area contributed by atoms with Gasteiger partial charge in [0.05, 0.1) is 0 Å². The summed E-state index contributed by atoms with van der Waals surface area (Å²) in [6.45, 7) is 2.31. The summed E-state index contributed by atoms with van der Waals surface area (Å²) in [5.74, 6) is -3.89. The summed E-state index contributed by atoms with van der Waals surface area (Å²) >= 11 is 13.0. The highest BCUT2D eigenvalue weighted by molar-refractivity contribution is 6.48. The van der Waals surface area contributed by atoms with Crippen LogP contribution in [0.25, 0.3) is 0 Å². The molecule has 0 heterocycles. The van der Waals surface area contributed by atoms with Crippen molar-refractivity contribution in [2.45, 2.75) is 112 Å². The molecule has 0 fully saturated rings. The lowest BCUT2D eigenvalue weighted by Gasteiger charge is -2.38. The number of Topliss-reactive ketones (excluding diaryl/α,β-unsaturated/α-hetero) is 1. The molecule has 13 heteroatoms. The number of ketones is 1. The lowest BCUT2D eigenvalue weighted by Crippen LogP contribution is -2.66. The van der Waals surface area contributed by atoms with E-state index in [0.29, 0.717) is 19.4 Å². The first-order chi connectivity index (χ1) is 17.3. The summed E-state index contributed by atoms with van der Waals surface area (Å²) in [6.07, 6.45) is 9.49. The molecule has 0 saturated carbocycles. The van der Waals surface area contributed by atoms with Crippen LogP contribution >= 0.6 is 23.2 Å². The van der Waals surface area contributed by atoms with Crippen molar-refractivity contribution in [1.29, 1.82) is 0 Å². The van der Waals surface area contributed by atoms with Crippen LogP contribution in [0.5, 0.6) is 0 Å². The van der Waals surface area contributed by atoms with Gasteiger partial charge in [0.1, 0.15) is 4.87 Å². The van der Waals surface area contributed by atoms with Crippen LogP contribution in [0, 0.1) is 0 Å². The summed E-state index contributed by atoms with van der Waals surface area (Å²) in [5.41, 5.74) is 25.6. The van der Waals surface area contributed by atoms with Crippen LogP contribution in [0.4, 0.5) is 0 Å². The molecule has 0 aromatic rings. The number of carbonyl (C=O) groups is 3. The SMILES string of the molecule is CCCCCCCCCCCC(=O)C(Cl)(CCN=C(N)N)[C@@](N)(Cl)C(=O)O[C@@](N)(CCCCN)C(=O)O. The molecule has 11 nitrogen and oxygen atoms in total. The Morgan fingerprint density at radius 3 is 1.89 bits per heavy atom. The van der Waals surface area contributed by atoms with E-state index < -0.39 is 33.3 Å². The Kier molecular flexibility index (Phi) is 17.0. The summed E-state index contributed by atoms with van der Waals surface area (Å²) in [6, 6.07) is 0. The average Bonchev–Trinajstić information content (AvgIpc) is 2.82. The van der Waals surface area contributed by atoms with Crippen LogP contribution in [0.3, 0.4) is 0 Å². The number of guanidine groups is 1. The smallest absolute Gasteiger partial charge is 0.363 e. The molecular formula is C24H46Cl2N6O5. The van der Waals surface area contributed by atoms with E-state index in [2.05, 4.69) is 11.9 Å². The molecule has 0 aliphatic carbocycles. The van der Waals surface area contributed by atoms with E-state index >= 15 is 0 Å². The summed E-state index contributed by atoms with van der Waals surface area (Å²) in [5, 5.41) is 9.55. The zero-order valence-corrected chi connectivity index (χ0v) is 23.5. The fourth-order valence-electron chi connectivity index (χ4n) is 3.79. The maximum atomic E-state index is 13.2. The molecule has 0 spiro atoms. The van der Waals surface area contributed by atoms with Crippen molar-refractivity contribution in [2.75, 3.05) is 13.1 Å². The number of nitrogens with zero attached hydrogens (tertiary/aromatic N) is 1. The van der Waals surface area contributed by atoms with Gasteiger partial charge in [-0.3, -0.25) is 15.5 Å². The molecule has 11 N–H and O–H groups in total. The third-order valence-electron chi connectivity index (χ3n) is 6.21. The first-order valence-corrected chi connectivity index (χ1v) is 13.7. The molecule has 0 rings (SSSR count). The molecule has 216 valence electrons. The lowest BCUT2D eigenvalue weighted by atomic mass is 9.87. The molecule has 3 atom stereocenters. The van der Waals surface area contributed by atoms with Gasteiger partial charge < -0.3 is 32.8 Å². The van der Waals surface area contributed by atoms with Crippen LogP contribution in [0.15, 0.2) is 4.99 Å². The van der Waals surface area contributed by atoms with E-state index in [1.165, 1.54) is 25.7 Å². The number of ether oxygens (including phenoxy) is 1. The van der Waals surface area contributed by atoms with Gasteiger partial charge in [-0.2, -0.15) is 0 Å². The Morgan fingerprint density at radius 2 is 1.41 bits per heavy atom. The number of carboxylic acid groups (broad SMARTS) is 1.